The zero-order chi connectivity index (χ0) is 19.8. The van der Waals surface area contributed by atoms with Crippen LogP contribution >= 0.6 is 0 Å². The van der Waals surface area contributed by atoms with Crippen LogP contribution in [0.5, 0.6) is 0 Å². The zero-order valence-electron chi connectivity index (χ0n) is 16.1. The predicted octanol–water partition coefficient (Wildman–Crippen LogP) is 3.04. The Morgan fingerprint density at radius 3 is 2.93 bits per heavy atom. The topological polar surface area (TPSA) is 83.6 Å². The number of pyridine rings is 1. The number of amides is 3. The SMILES string of the molecule is CCNC(=O)c1cccc(NC(=O)N2CCC[C@H](OCc3ccccn3)C2)c1. The van der Waals surface area contributed by atoms with Gasteiger partial charge in [-0.15, -0.1) is 0 Å². The van der Waals surface area contributed by atoms with Gasteiger partial charge in [0.2, 0.25) is 0 Å². The Hall–Kier alpha value is -2.93. The minimum atomic E-state index is -0.181. The van der Waals surface area contributed by atoms with Crippen LogP contribution in [-0.4, -0.2) is 47.6 Å². The van der Waals surface area contributed by atoms with Crippen molar-refractivity contribution >= 4 is 17.6 Å². The first-order valence-corrected chi connectivity index (χ1v) is 9.61. The second kappa shape index (κ2) is 9.85. The molecular formula is C21H26N4O3. The van der Waals surface area contributed by atoms with E-state index in [1.165, 1.54) is 0 Å². The fourth-order valence-electron chi connectivity index (χ4n) is 3.15. The molecule has 1 aliphatic rings. The van der Waals surface area contributed by atoms with E-state index in [2.05, 4.69) is 15.6 Å². The number of carbonyl (C=O) groups is 2. The summed E-state index contributed by atoms with van der Waals surface area (Å²) < 4.78 is 5.94. The van der Waals surface area contributed by atoms with Gasteiger partial charge in [-0.3, -0.25) is 9.78 Å². The van der Waals surface area contributed by atoms with Gasteiger partial charge < -0.3 is 20.3 Å². The van der Waals surface area contributed by atoms with E-state index in [1.807, 2.05) is 25.1 Å². The predicted molar refractivity (Wildman–Crippen MR) is 107 cm³/mol. The van der Waals surface area contributed by atoms with Crippen molar-refractivity contribution in [3.8, 4) is 0 Å². The van der Waals surface area contributed by atoms with Crippen molar-refractivity contribution in [2.24, 2.45) is 0 Å². The Morgan fingerprint density at radius 1 is 1.25 bits per heavy atom. The number of anilines is 1. The summed E-state index contributed by atoms with van der Waals surface area (Å²) in [6.45, 7) is 4.09. The van der Waals surface area contributed by atoms with Gasteiger partial charge in [-0.2, -0.15) is 0 Å². The third-order valence-electron chi connectivity index (χ3n) is 4.57. The van der Waals surface area contributed by atoms with E-state index in [0.29, 0.717) is 37.5 Å². The molecule has 7 nitrogen and oxygen atoms in total. The van der Waals surface area contributed by atoms with Crippen LogP contribution in [-0.2, 0) is 11.3 Å². The van der Waals surface area contributed by atoms with Crippen molar-refractivity contribution in [3.05, 3.63) is 59.9 Å². The standard InChI is InChI=1S/C21H26N4O3/c1-2-22-20(26)16-7-5-9-17(13-16)24-21(27)25-12-6-10-19(14-25)28-15-18-8-3-4-11-23-18/h3-5,7-9,11,13,19H,2,6,10,12,14-15H2,1H3,(H,22,26)(H,24,27)/t19-/m0/s1. The summed E-state index contributed by atoms with van der Waals surface area (Å²) in [7, 11) is 0. The number of aromatic nitrogens is 1. The van der Waals surface area contributed by atoms with Crippen LogP contribution < -0.4 is 10.6 Å². The molecule has 0 bridgehead atoms. The highest BCUT2D eigenvalue weighted by molar-refractivity contribution is 5.96. The average molecular weight is 382 g/mol. The fourth-order valence-corrected chi connectivity index (χ4v) is 3.15. The number of nitrogens with one attached hydrogen (secondary N) is 2. The van der Waals surface area contributed by atoms with E-state index in [-0.39, 0.29) is 18.0 Å². The van der Waals surface area contributed by atoms with Crippen molar-refractivity contribution in [1.82, 2.24) is 15.2 Å². The monoisotopic (exact) mass is 382 g/mol. The molecule has 1 aliphatic heterocycles. The number of urea groups is 1. The second-order valence-corrected chi connectivity index (χ2v) is 6.71. The molecule has 0 spiro atoms. The van der Waals surface area contributed by atoms with Gasteiger partial charge in [0.1, 0.15) is 0 Å². The van der Waals surface area contributed by atoms with Gasteiger partial charge in [0.15, 0.2) is 0 Å². The van der Waals surface area contributed by atoms with Crippen LogP contribution in [0.2, 0.25) is 0 Å². The Morgan fingerprint density at radius 2 is 2.14 bits per heavy atom. The Kier molecular flexibility index (Phi) is 6.97. The summed E-state index contributed by atoms with van der Waals surface area (Å²) in [6, 6.07) is 12.5. The van der Waals surface area contributed by atoms with E-state index in [4.69, 9.17) is 4.74 Å². The molecule has 2 aromatic rings. The highest BCUT2D eigenvalue weighted by atomic mass is 16.5. The molecule has 3 rings (SSSR count). The van der Waals surface area contributed by atoms with Crippen LogP contribution in [0.3, 0.4) is 0 Å². The summed E-state index contributed by atoms with van der Waals surface area (Å²) in [6.07, 6.45) is 3.54. The lowest BCUT2D eigenvalue weighted by Gasteiger charge is -2.32. The molecule has 0 radical (unpaired) electrons. The highest BCUT2D eigenvalue weighted by Crippen LogP contribution is 2.17. The van der Waals surface area contributed by atoms with Gasteiger partial charge in [-0.05, 0) is 50.1 Å². The third-order valence-corrected chi connectivity index (χ3v) is 4.57. The molecule has 0 aliphatic carbocycles. The molecule has 0 unspecified atom stereocenters. The molecule has 0 saturated carbocycles. The molecule has 1 aromatic heterocycles. The molecule has 148 valence electrons. The Bertz CT molecular complexity index is 797. The van der Waals surface area contributed by atoms with Gasteiger partial charge in [0.05, 0.1) is 18.4 Å². The summed E-state index contributed by atoms with van der Waals surface area (Å²) in [5.41, 5.74) is 2.01. The summed E-state index contributed by atoms with van der Waals surface area (Å²) in [5, 5.41) is 5.64. The number of ether oxygens (including phenoxy) is 1. The molecular weight excluding hydrogens is 356 g/mol. The lowest BCUT2D eigenvalue weighted by Crippen LogP contribution is -2.45. The number of carbonyl (C=O) groups excluding carboxylic acids is 2. The first-order valence-electron chi connectivity index (χ1n) is 9.61. The van der Waals surface area contributed by atoms with Crippen LogP contribution in [0.1, 0.15) is 35.8 Å². The van der Waals surface area contributed by atoms with Crippen molar-refractivity contribution in [2.75, 3.05) is 25.0 Å². The van der Waals surface area contributed by atoms with Crippen molar-refractivity contribution in [2.45, 2.75) is 32.5 Å². The van der Waals surface area contributed by atoms with E-state index >= 15 is 0 Å². The summed E-state index contributed by atoms with van der Waals surface area (Å²) >= 11 is 0. The van der Waals surface area contributed by atoms with Crippen LogP contribution in [0.25, 0.3) is 0 Å². The maximum absolute atomic E-state index is 12.6. The van der Waals surface area contributed by atoms with Crippen LogP contribution in [0, 0.1) is 0 Å². The molecule has 7 heteroatoms. The molecule has 2 heterocycles. The quantitative estimate of drug-likeness (QED) is 0.804. The Balaban J connectivity index is 1.54. The number of piperidine rings is 1. The number of hydrogen-bond donors (Lipinski definition) is 2. The van der Waals surface area contributed by atoms with Crippen LogP contribution in [0.4, 0.5) is 10.5 Å². The van der Waals surface area contributed by atoms with Crippen molar-refractivity contribution < 1.29 is 14.3 Å². The minimum Gasteiger partial charge on any atom is -0.370 e. The van der Waals surface area contributed by atoms with E-state index in [1.54, 1.807) is 35.4 Å². The molecule has 1 saturated heterocycles. The zero-order valence-corrected chi connectivity index (χ0v) is 16.1. The first-order chi connectivity index (χ1) is 13.7. The highest BCUT2D eigenvalue weighted by Gasteiger charge is 2.24. The number of benzene rings is 1. The van der Waals surface area contributed by atoms with E-state index < -0.39 is 0 Å². The van der Waals surface area contributed by atoms with Gasteiger partial charge in [-0.25, -0.2) is 4.79 Å². The normalized spacial score (nSPS) is 16.5. The lowest BCUT2D eigenvalue weighted by molar-refractivity contribution is -0.000325. The number of rotatable bonds is 6. The van der Waals surface area contributed by atoms with Gasteiger partial charge in [0.25, 0.3) is 5.91 Å². The first kappa shape index (κ1) is 19.8. The third kappa shape index (κ3) is 5.53. The average Bonchev–Trinajstić information content (AvgIpc) is 2.73. The second-order valence-electron chi connectivity index (χ2n) is 6.71. The largest absolute Gasteiger partial charge is 0.370 e. The van der Waals surface area contributed by atoms with E-state index in [0.717, 1.165) is 18.5 Å². The molecule has 28 heavy (non-hydrogen) atoms. The lowest BCUT2D eigenvalue weighted by atomic mass is 10.1. The smallest absolute Gasteiger partial charge is 0.321 e. The van der Waals surface area contributed by atoms with Crippen molar-refractivity contribution in [3.63, 3.8) is 0 Å². The summed E-state index contributed by atoms with van der Waals surface area (Å²) in [4.78, 5) is 30.6. The van der Waals surface area contributed by atoms with Gasteiger partial charge >= 0.3 is 6.03 Å². The molecule has 3 amide bonds. The molecule has 1 aromatic carbocycles. The number of nitrogens with zero attached hydrogens (tertiary/aromatic N) is 2. The maximum atomic E-state index is 12.6. The number of hydrogen-bond acceptors (Lipinski definition) is 4. The van der Waals surface area contributed by atoms with Gasteiger partial charge in [0, 0.05) is 37.1 Å². The maximum Gasteiger partial charge on any atom is 0.321 e. The van der Waals surface area contributed by atoms with Crippen molar-refractivity contribution in [1.29, 1.82) is 0 Å². The van der Waals surface area contributed by atoms with Crippen LogP contribution in [0.15, 0.2) is 48.7 Å². The summed E-state index contributed by atoms with van der Waals surface area (Å²) in [5.74, 6) is -0.153. The fraction of sp³-hybridized carbons (Fsp3) is 0.381. The molecule has 1 fully saturated rings. The molecule has 2 N–H and O–H groups in total. The number of likely N-dealkylation sites (tertiary alicyclic amines) is 1. The minimum absolute atomic E-state index is 0.0110. The Labute approximate surface area is 165 Å². The van der Waals surface area contributed by atoms with E-state index in [9.17, 15) is 9.59 Å². The van der Waals surface area contributed by atoms with Gasteiger partial charge in [-0.1, -0.05) is 12.1 Å². The molecule has 1 atom stereocenters.